The first-order valence-electron chi connectivity index (χ1n) is 8.92. The molecule has 32 heavy (non-hydrogen) atoms. The Morgan fingerprint density at radius 1 is 1.16 bits per heavy atom. The van der Waals surface area contributed by atoms with E-state index in [1.165, 1.54) is 19.2 Å². The lowest BCUT2D eigenvalue weighted by Crippen LogP contribution is -2.09. The average molecular weight is 472 g/mol. The minimum atomic E-state index is -4.70. The van der Waals surface area contributed by atoms with Crippen molar-refractivity contribution < 1.29 is 30.9 Å². The van der Waals surface area contributed by atoms with Gasteiger partial charge in [-0.25, -0.2) is 23.0 Å². The van der Waals surface area contributed by atoms with Crippen LogP contribution in [0.1, 0.15) is 11.1 Å². The van der Waals surface area contributed by atoms with E-state index in [4.69, 9.17) is 9.52 Å². The van der Waals surface area contributed by atoms with Crippen molar-refractivity contribution in [1.29, 1.82) is 4.78 Å². The van der Waals surface area contributed by atoms with Crippen LogP contribution in [-0.2, 0) is 21.7 Å². The van der Waals surface area contributed by atoms with Crippen molar-refractivity contribution in [2.45, 2.75) is 11.9 Å². The average Bonchev–Trinajstić information content (AvgIpc) is 2.67. The van der Waals surface area contributed by atoms with E-state index in [9.17, 15) is 26.2 Å². The van der Waals surface area contributed by atoms with Gasteiger partial charge in [0.15, 0.2) is 5.82 Å². The third-order valence-corrected chi connectivity index (χ3v) is 5.07. The number of anilines is 2. The van der Waals surface area contributed by atoms with Crippen LogP contribution in [0.3, 0.4) is 0 Å². The second-order valence-corrected chi connectivity index (χ2v) is 9.22. The lowest BCUT2D eigenvalue weighted by molar-refractivity contribution is -0.137. The number of halogens is 5. The standard InChI is InChI=1S/C20H17F5N4O2S/c1-31-17-8-13(21)3-4-15(17)18-16(22)9-27-19(29-18)28-14-6-11(10-32(2,26)30)5-12(7-14)20(23,24)25/h3-9,26H,10H2,1-2H3,(H,27,28,29). The summed E-state index contributed by atoms with van der Waals surface area (Å²) < 4.78 is 92.1. The van der Waals surface area contributed by atoms with Gasteiger partial charge in [0.2, 0.25) is 5.95 Å². The van der Waals surface area contributed by atoms with Gasteiger partial charge in [-0.1, -0.05) is 0 Å². The number of hydrogen-bond acceptors (Lipinski definition) is 6. The van der Waals surface area contributed by atoms with Gasteiger partial charge in [-0.15, -0.1) is 0 Å². The molecule has 12 heteroatoms. The number of methoxy groups -OCH3 is 1. The summed E-state index contributed by atoms with van der Waals surface area (Å²) in [7, 11) is -1.85. The van der Waals surface area contributed by atoms with Crippen LogP contribution in [0.25, 0.3) is 11.3 Å². The van der Waals surface area contributed by atoms with Gasteiger partial charge in [0.25, 0.3) is 0 Å². The summed E-state index contributed by atoms with van der Waals surface area (Å²) in [5, 5.41) is 2.57. The Hall–Kier alpha value is -3.28. The van der Waals surface area contributed by atoms with E-state index >= 15 is 0 Å². The van der Waals surface area contributed by atoms with E-state index in [0.717, 1.165) is 36.7 Å². The predicted octanol–water partition coefficient (Wildman–Crippen LogP) is 5.37. The largest absolute Gasteiger partial charge is 0.496 e. The third-order valence-electron chi connectivity index (χ3n) is 4.18. The van der Waals surface area contributed by atoms with Gasteiger partial charge in [0.05, 0.1) is 24.6 Å². The molecule has 0 spiro atoms. The van der Waals surface area contributed by atoms with Crippen LogP contribution >= 0.6 is 0 Å². The molecule has 0 amide bonds. The van der Waals surface area contributed by atoms with Gasteiger partial charge in [-0.2, -0.15) is 13.2 Å². The van der Waals surface area contributed by atoms with Crippen molar-refractivity contribution in [3.05, 3.63) is 65.4 Å². The maximum atomic E-state index is 14.4. The smallest absolute Gasteiger partial charge is 0.416 e. The molecule has 2 N–H and O–H groups in total. The van der Waals surface area contributed by atoms with Crippen LogP contribution < -0.4 is 10.1 Å². The second kappa shape index (κ2) is 8.69. The summed E-state index contributed by atoms with van der Waals surface area (Å²) >= 11 is 0. The fraction of sp³-hybridized carbons (Fsp3) is 0.200. The van der Waals surface area contributed by atoms with E-state index < -0.39 is 38.9 Å². The molecule has 1 heterocycles. The van der Waals surface area contributed by atoms with Crippen molar-refractivity contribution in [3.8, 4) is 17.0 Å². The van der Waals surface area contributed by atoms with Crippen LogP contribution in [-0.4, -0.2) is 27.5 Å². The Bertz CT molecular complexity index is 1260. The highest BCUT2D eigenvalue weighted by atomic mass is 32.2. The van der Waals surface area contributed by atoms with Crippen molar-refractivity contribution in [2.75, 3.05) is 18.7 Å². The second-order valence-electron chi connectivity index (χ2n) is 6.93. The van der Waals surface area contributed by atoms with Crippen molar-refractivity contribution in [3.63, 3.8) is 0 Å². The molecule has 2 aromatic carbocycles. The summed E-state index contributed by atoms with van der Waals surface area (Å²) in [6.45, 7) is 0. The molecule has 3 rings (SSSR count). The van der Waals surface area contributed by atoms with E-state index in [1.807, 2.05) is 0 Å². The predicted molar refractivity (Wildman–Crippen MR) is 109 cm³/mol. The molecule has 3 aromatic rings. The maximum absolute atomic E-state index is 14.4. The van der Waals surface area contributed by atoms with E-state index in [0.29, 0.717) is 0 Å². The highest BCUT2D eigenvalue weighted by Crippen LogP contribution is 2.34. The van der Waals surface area contributed by atoms with Gasteiger partial charge in [0.1, 0.15) is 17.3 Å². The van der Waals surface area contributed by atoms with Gasteiger partial charge in [0, 0.05) is 33.3 Å². The zero-order valence-electron chi connectivity index (χ0n) is 16.8. The van der Waals surface area contributed by atoms with Gasteiger partial charge < -0.3 is 10.1 Å². The number of rotatable bonds is 6. The molecule has 0 fully saturated rings. The molecule has 0 bridgehead atoms. The van der Waals surface area contributed by atoms with Crippen LogP contribution in [0.5, 0.6) is 5.75 Å². The van der Waals surface area contributed by atoms with E-state index in [1.54, 1.807) is 0 Å². The normalized spacial score (nSPS) is 13.5. The van der Waals surface area contributed by atoms with Gasteiger partial charge in [-0.3, -0.25) is 4.78 Å². The lowest BCUT2D eigenvalue weighted by atomic mass is 10.1. The molecule has 0 aliphatic carbocycles. The zero-order valence-corrected chi connectivity index (χ0v) is 17.6. The number of ether oxygens (including phenoxy) is 1. The molecular formula is C20H17F5N4O2S. The Morgan fingerprint density at radius 3 is 2.50 bits per heavy atom. The van der Waals surface area contributed by atoms with Crippen LogP contribution in [0.15, 0.2) is 42.6 Å². The summed E-state index contributed by atoms with van der Waals surface area (Å²) in [5.74, 6) is -2.10. The SMILES string of the molecule is COc1cc(F)ccc1-c1nc(Nc2cc(CS(C)(=N)=O)cc(C(F)(F)F)c2)ncc1F. The Labute approximate surface area is 180 Å². The van der Waals surface area contributed by atoms with Crippen LogP contribution in [0.2, 0.25) is 0 Å². The molecule has 0 saturated heterocycles. The number of nitrogens with zero attached hydrogens (tertiary/aromatic N) is 2. The monoisotopic (exact) mass is 472 g/mol. The first-order chi connectivity index (χ1) is 14.9. The van der Waals surface area contributed by atoms with Gasteiger partial charge in [-0.05, 0) is 35.9 Å². The Kier molecular flexibility index (Phi) is 6.35. The van der Waals surface area contributed by atoms with Crippen LogP contribution in [0.4, 0.5) is 33.6 Å². The first kappa shape index (κ1) is 23.4. The molecule has 0 radical (unpaired) electrons. The highest BCUT2D eigenvalue weighted by Gasteiger charge is 2.31. The van der Waals surface area contributed by atoms with Gasteiger partial charge >= 0.3 is 6.18 Å². The highest BCUT2D eigenvalue weighted by molar-refractivity contribution is 7.90. The molecule has 0 aliphatic heterocycles. The Balaban J connectivity index is 2.04. The number of nitrogens with one attached hydrogen (secondary N) is 2. The molecule has 0 aliphatic rings. The summed E-state index contributed by atoms with van der Waals surface area (Å²) in [5.41, 5.74) is -1.24. The minimum absolute atomic E-state index is 0.00283. The van der Waals surface area contributed by atoms with E-state index in [2.05, 4.69) is 15.3 Å². The first-order valence-corrected chi connectivity index (χ1v) is 11.1. The molecule has 170 valence electrons. The topological polar surface area (TPSA) is 88.0 Å². The fourth-order valence-corrected chi connectivity index (χ4v) is 3.74. The molecule has 1 atom stereocenters. The summed E-state index contributed by atoms with van der Waals surface area (Å²) in [4.78, 5) is 7.74. The number of aromatic nitrogens is 2. The number of hydrogen-bond donors (Lipinski definition) is 2. The summed E-state index contributed by atoms with van der Waals surface area (Å²) in [6.07, 6.45) is -2.77. The molecule has 6 nitrogen and oxygen atoms in total. The van der Waals surface area contributed by atoms with Crippen molar-refractivity contribution in [2.24, 2.45) is 0 Å². The van der Waals surface area contributed by atoms with Crippen molar-refractivity contribution >= 4 is 21.4 Å². The lowest BCUT2D eigenvalue weighted by Gasteiger charge is -2.14. The van der Waals surface area contributed by atoms with Crippen LogP contribution in [0, 0.1) is 16.4 Å². The number of alkyl halides is 3. The Morgan fingerprint density at radius 2 is 1.88 bits per heavy atom. The molecule has 1 unspecified atom stereocenters. The number of benzene rings is 2. The molecule has 1 aromatic heterocycles. The molecular weight excluding hydrogens is 455 g/mol. The quantitative estimate of drug-likeness (QED) is 0.471. The minimum Gasteiger partial charge on any atom is -0.496 e. The van der Waals surface area contributed by atoms with Crippen molar-refractivity contribution in [1.82, 2.24) is 9.97 Å². The molecule has 0 saturated carbocycles. The zero-order chi connectivity index (χ0) is 23.7. The fourth-order valence-electron chi connectivity index (χ4n) is 2.94. The summed E-state index contributed by atoms with van der Waals surface area (Å²) in [6, 6.07) is 6.23. The maximum Gasteiger partial charge on any atom is 0.416 e. The third kappa shape index (κ3) is 5.69. The van der Waals surface area contributed by atoms with E-state index in [-0.39, 0.29) is 34.2 Å².